The Balaban J connectivity index is 1.56. The Morgan fingerprint density at radius 2 is 1.73 bits per heavy atom. The number of nitrogens with zero attached hydrogens (tertiary/aromatic N) is 2. The minimum absolute atomic E-state index is 0.145. The third kappa shape index (κ3) is 6.87. The summed E-state index contributed by atoms with van der Waals surface area (Å²) in [4.78, 5) is 17.9. The van der Waals surface area contributed by atoms with Gasteiger partial charge >= 0.3 is 6.03 Å². The van der Waals surface area contributed by atoms with Crippen molar-refractivity contribution in [3.8, 4) is 11.1 Å². The van der Waals surface area contributed by atoms with Gasteiger partial charge in [-0.1, -0.05) is 68.4 Å². The van der Waals surface area contributed by atoms with E-state index in [2.05, 4.69) is 33.4 Å². The van der Waals surface area contributed by atoms with E-state index in [0.29, 0.717) is 18.0 Å². The molecule has 0 bridgehead atoms. The van der Waals surface area contributed by atoms with Crippen molar-refractivity contribution in [3.63, 3.8) is 0 Å². The van der Waals surface area contributed by atoms with E-state index in [1.165, 1.54) is 11.3 Å². The minimum Gasteiger partial charge on any atom is -0.333 e. The molecule has 0 aliphatic rings. The number of rotatable bonds is 9. The van der Waals surface area contributed by atoms with Gasteiger partial charge in [-0.2, -0.15) is 0 Å². The predicted octanol–water partition coefficient (Wildman–Crippen LogP) is 5.66. The summed E-state index contributed by atoms with van der Waals surface area (Å²) in [5.41, 5.74) is 4.33. The molecule has 0 spiro atoms. The van der Waals surface area contributed by atoms with Gasteiger partial charge in [0.1, 0.15) is 10.0 Å². The third-order valence-electron chi connectivity index (χ3n) is 5.84. The molecule has 0 aliphatic carbocycles. The summed E-state index contributed by atoms with van der Waals surface area (Å²) in [7, 11) is -4.08. The standard InChI is InChI=1S/C28H32N4O3S2/c1-19(2)14-25-15-26(24-12-10-23(11-13-24)18-32-17-20(3)30-21(32)4)27(36-25)37(34,35)31-28(33)29-16-22-8-6-5-7-9-22/h5-13,15,17,19H,14,16,18H2,1-4H3,(H2,29,31,33). The Morgan fingerprint density at radius 3 is 2.35 bits per heavy atom. The largest absolute Gasteiger partial charge is 0.333 e. The molecule has 0 fully saturated rings. The van der Waals surface area contributed by atoms with Crippen LogP contribution in [-0.2, 0) is 29.5 Å². The average Bonchev–Trinajstić information content (AvgIpc) is 3.41. The summed E-state index contributed by atoms with van der Waals surface area (Å²) in [5.74, 6) is 1.32. The molecule has 0 radical (unpaired) electrons. The zero-order valence-electron chi connectivity index (χ0n) is 21.5. The maximum absolute atomic E-state index is 13.3. The molecule has 2 amide bonds. The van der Waals surface area contributed by atoms with Crippen molar-refractivity contribution in [3.05, 3.63) is 94.4 Å². The van der Waals surface area contributed by atoms with Crippen LogP contribution in [0.4, 0.5) is 4.79 Å². The molecule has 37 heavy (non-hydrogen) atoms. The molecule has 4 rings (SSSR count). The number of carbonyl (C=O) groups is 1. The fraction of sp³-hybridized carbons (Fsp3) is 0.286. The number of urea groups is 1. The fourth-order valence-electron chi connectivity index (χ4n) is 4.12. The predicted molar refractivity (Wildman–Crippen MR) is 148 cm³/mol. The van der Waals surface area contributed by atoms with Gasteiger partial charge in [-0.25, -0.2) is 22.9 Å². The summed E-state index contributed by atoms with van der Waals surface area (Å²) >= 11 is 1.21. The number of amides is 2. The van der Waals surface area contributed by atoms with E-state index in [1.54, 1.807) is 0 Å². The highest BCUT2D eigenvalue weighted by Gasteiger charge is 2.25. The monoisotopic (exact) mass is 536 g/mol. The van der Waals surface area contributed by atoms with Crippen molar-refractivity contribution in [1.29, 1.82) is 0 Å². The van der Waals surface area contributed by atoms with Crippen LogP contribution in [-0.4, -0.2) is 24.0 Å². The number of imidazole rings is 1. The van der Waals surface area contributed by atoms with Gasteiger partial charge in [0.2, 0.25) is 0 Å². The maximum atomic E-state index is 13.3. The van der Waals surface area contributed by atoms with E-state index in [-0.39, 0.29) is 10.8 Å². The van der Waals surface area contributed by atoms with Crippen molar-refractivity contribution in [2.24, 2.45) is 5.92 Å². The molecule has 0 aliphatic heterocycles. The van der Waals surface area contributed by atoms with Gasteiger partial charge < -0.3 is 9.88 Å². The Labute approximate surface area is 222 Å². The van der Waals surface area contributed by atoms with Crippen molar-refractivity contribution in [1.82, 2.24) is 19.6 Å². The molecule has 7 nitrogen and oxygen atoms in total. The zero-order chi connectivity index (χ0) is 26.6. The van der Waals surface area contributed by atoms with Crippen molar-refractivity contribution >= 4 is 27.4 Å². The maximum Gasteiger partial charge on any atom is 0.328 e. The van der Waals surface area contributed by atoms with Gasteiger partial charge in [-0.3, -0.25) is 0 Å². The van der Waals surface area contributed by atoms with Crippen LogP contribution in [0.1, 0.15) is 41.4 Å². The summed E-state index contributed by atoms with van der Waals surface area (Å²) in [5, 5.41) is 2.63. The summed E-state index contributed by atoms with van der Waals surface area (Å²) < 4.78 is 31.1. The Bertz CT molecular complexity index is 1470. The van der Waals surface area contributed by atoms with Crippen LogP contribution in [0.5, 0.6) is 0 Å². The molecule has 4 aromatic rings. The second-order valence-electron chi connectivity index (χ2n) is 9.54. The smallest absolute Gasteiger partial charge is 0.328 e. The highest BCUT2D eigenvalue weighted by molar-refractivity contribution is 7.92. The van der Waals surface area contributed by atoms with Crippen molar-refractivity contribution < 1.29 is 13.2 Å². The van der Waals surface area contributed by atoms with Crippen LogP contribution in [0.3, 0.4) is 0 Å². The number of hydrogen-bond acceptors (Lipinski definition) is 5. The quantitative estimate of drug-likeness (QED) is 0.289. The van der Waals surface area contributed by atoms with Gasteiger partial charge in [-0.15, -0.1) is 11.3 Å². The molecule has 194 valence electrons. The van der Waals surface area contributed by atoms with Gasteiger partial charge in [0.25, 0.3) is 10.0 Å². The van der Waals surface area contributed by atoms with Crippen LogP contribution < -0.4 is 10.0 Å². The van der Waals surface area contributed by atoms with Crippen LogP contribution in [0.25, 0.3) is 11.1 Å². The van der Waals surface area contributed by atoms with E-state index in [1.807, 2.05) is 80.7 Å². The van der Waals surface area contributed by atoms with E-state index >= 15 is 0 Å². The van der Waals surface area contributed by atoms with Crippen molar-refractivity contribution in [2.45, 2.75) is 51.4 Å². The molecule has 2 aromatic heterocycles. The topological polar surface area (TPSA) is 93.1 Å². The lowest BCUT2D eigenvalue weighted by atomic mass is 10.0. The van der Waals surface area contributed by atoms with Gasteiger partial charge in [-0.05, 0) is 48.9 Å². The van der Waals surface area contributed by atoms with Gasteiger partial charge in [0.15, 0.2) is 0 Å². The molecule has 0 unspecified atom stereocenters. The van der Waals surface area contributed by atoms with Crippen LogP contribution in [0.2, 0.25) is 0 Å². The zero-order valence-corrected chi connectivity index (χ0v) is 23.1. The first-order valence-electron chi connectivity index (χ1n) is 12.2. The molecular formula is C28H32N4O3S2. The Kier molecular flexibility index (Phi) is 8.14. The first kappa shape index (κ1) is 26.6. The van der Waals surface area contributed by atoms with Crippen LogP contribution in [0, 0.1) is 19.8 Å². The lowest BCUT2D eigenvalue weighted by Gasteiger charge is -2.10. The fourth-order valence-corrected chi connectivity index (χ4v) is 7.00. The number of carbonyl (C=O) groups excluding carboxylic acids is 1. The third-order valence-corrected chi connectivity index (χ3v) is 8.86. The van der Waals surface area contributed by atoms with Gasteiger partial charge in [0, 0.05) is 29.7 Å². The number of aromatic nitrogens is 2. The van der Waals surface area contributed by atoms with E-state index in [9.17, 15) is 13.2 Å². The minimum atomic E-state index is -4.08. The highest BCUT2D eigenvalue weighted by atomic mass is 32.2. The number of benzene rings is 2. The number of thiophene rings is 1. The Hall–Kier alpha value is -3.43. The molecule has 2 aromatic carbocycles. The van der Waals surface area contributed by atoms with Gasteiger partial charge in [0.05, 0.1) is 5.69 Å². The molecular weight excluding hydrogens is 504 g/mol. The van der Waals surface area contributed by atoms with E-state index in [4.69, 9.17) is 0 Å². The average molecular weight is 537 g/mol. The first-order chi connectivity index (χ1) is 17.6. The molecule has 0 saturated heterocycles. The SMILES string of the molecule is Cc1cn(Cc2ccc(-c3cc(CC(C)C)sc3S(=O)(=O)NC(=O)NCc3ccccc3)cc2)c(C)n1. The second-order valence-corrected chi connectivity index (χ2v) is 12.6. The summed E-state index contributed by atoms with van der Waals surface area (Å²) in [6, 6.07) is 18.4. The molecule has 0 saturated carbocycles. The number of nitrogens with one attached hydrogen (secondary N) is 2. The summed E-state index contributed by atoms with van der Waals surface area (Å²) in [6.07, 6.45) is 2.77. The van der Waals surface area contributed by atoms with Crippen molar-refractivity contribution in [2.75, 3.05) is 0 Å². The second kappa shape index (κ2) is 11.3. The number of sulfonamides is 1. The Morgan fingerprint density at radius 1 is 1.03 bits per heavy atom. The summed E-state index contributed by atoms with van der Waals surface area (Å²) in [6.45, 7) is 9.05. The normalized spacial score (nSPS) is 11.6. The molecule has 0 atom stereocenters. The van der Waals surface area contributed by atoms with E-state index in [0.717, 1.165) is 39.5 Å². The molecule has 2 N–H and O–H groups in total. The van der Waals surface area contributed by atoms with E-state index < -0.39 is 16.1 Å². The molecule has 9 heteroatoms. The highest BCUT2D eigenvalue weighted by Crippen LogP contribution is 2.36. The lowest BCUT2D eigenvalue weighted by Crippen LogP contribution is -2.38. The number of aryl methyl sites for hydroxylation is 2. The van der Waals surface area contributed by atoms with Crippen LogP contribution >= 0.6 is 11.3 Å². The van der Waals surface area contributed by atoms with Crippen LogP contribution in [0.15, 0.2) is 71.1 Å². The first-order valence-corrected chi connectivity index (χ1v) is 14.5. The molecule has 2 heterocycles. The number of hydrogen-bond donors (Lipinski definition) is 2. The lowest BCUT2D eigenvalue weighted by molar-refractivity contribution is 0.245.